The second-order valence-corrected chi connectivity index (χ2v) is 7.60. The summed E-state index contributed by atoms with van der Waals surface area (Å²) < 4.78 is 30.5. The first kappa shape index (κ1) is 16.3. The van der Waals surface area contributed by atoms with Crippen LogP contribution in [0.3, 0.4) is 0 Å². The summed E-state index contributed by atoms with van der Waals surface area (Å²) >= 11 is 0. The predicted octanol–water partition coefficient (Wildman–Crippen LogP) is 3.86. The molecular weight excluding hydrogens is 324 g/mol. The van der Waals surface area contributed by atoms with Crippen molar-refractivity contribution in [2.45, 2.75) is 11.5 Å². The van der Waals surface area contributed by atoms with Gasteiger partial charge in [0.2, 0.25) is 0 Å². The van der Waals surface area contributed by atoms with Gasteiger partial charge in [-0.25, -0.2) is 8.99 Å². The predicted molar refractivity (Wildman–Crippen MR) is 94.1 cm³/mol. The van der Waals surface area contributed by atoms with E-state index in [9.17, 15) is 4.21 Å². The summed E-state index contributed by atoms with van der Waals surface area (Å²) in [5.74, 6) is 1.43. The Morgan fingerprint density at radius 2 is 1.83 bits per heavy atom. The molecule has 0 saturated carbocycles. The molecule has 1 aromatic heterocycles. The zero-order chi connectivity index (χ0) is 17.2. The van der Waals surface area contributed by atoms with Crippen LogP contribution in [0.25, 0.3) is 10.9 Å². The Bertz CT molecular complexity index is 967. The molecule has 0 bridgehead atoms. The van der Waals surface area contributed by atoms with Crippen LogP contribution in [0.15, 0.2) is 59.6 Å². The Morgan fingerprint density at radius 1 is 1.08 bits per heavy atom. The van der Waals surface area contributed by atoms with Crippen molar-refractivity contribution in [3.8, 4) is 11.5 Å². The van der Waals surface area contributed by atoms with E-state index in [4.69, 9.17) is 14.3 Å². The molecule has 1 unspecified atom stereocenters. The van der Waals surface area contributed by atoms with Gasteiger partial charge in [-0.1, -0.05) is 18.2 Å². The lowest BCUT2D eigenvalue weighted by atomic mass is 10.2. The number of nitrogens with one attached hydrogen (secondary N) is 1. The average molecular weight is 342 g/mol. The van der Waals surface area contributed by atoms with E-state index in [2.05, 4.69) is 4.98 Å². The zero-order valence-electron chi connectivity index (χ0n) is 13.5. The number of benzene rings is 2. The topological polar surface area (TPSA) is 72.3 Å². The van der Waals surface area contributed by atoms with Crippen LogP contribution in [0.1, 0.15) is 5.56 Å². The maximum absolute atomic E-state index is 11.7. The van der Waals surface area contributed by atoms with Gasteiger partial charge in [-0.05, 0) is 35.9 Å². The summed E-state index contributed by atoms with van der Waals surface area (Å²) in [5.41, 5.74) is 1.70. The van der Waals surface area contributed by atoms with Gasteiger partial charge in [0, 0.05) is 22.7 Å². The first-order valence-corrected chi connectivity index (χ1v) is 9.33. The third-order valence-electron chi connectivity index (χ3n) is 3.68. The standard InChI is InChI=1S/C18H18N2O3S/c1-22-17-5-3-4-15-16(10-11-20-18(15)17)23-12-13-6-8-14(9-7-13)24(2,19)21/h3-11,19H,12H2,1-2H3. The third-order valence-corrected chi connectivity index (χ3v) is 4.85. The van der Waals surface area contributed by atoms with Crippen LogP contribution in [0, 0.1) is 4.78 Å². The van der Waals surface area contributed by atoms with Gasteiger partial charge in [0.05, 0.1) is 16.8 Å². The average Bonchev–Trinajstić information content (AvgIpc) is 2.59. The van der Waals surface area contributed by atoms with Crippen molar-refractivity contribution in [3.05, 3.63) is 60.3 Å². The summed E-state index contributed by atoms with van der Waals surface area (Å²) in [6.45, 7) is 0.375. The van der Waals surface area contributed by atoms with Crippen LogP contribution in [0.4, 0.5) is 0 Å². The second-order valence-electron chi connectivity index (χ2n) is 5.44. The van der Waals surface area contributed by atoms with Gasteiger partial charge in [-0.2, -0.15) is 0 Å². The number of methoxy groups -OCH3 is 1. The normalized spacial score (nSPS) is 13.4. The SMILES string of the molecule is COc1cccc2c(OCc3ccc(S(C)(=N)=O)cc3)ccnc12. The third kappa shape index (κ3) is 3.33. The van der Waals surface area contributed by atoms with Crippen LogP contribution < -0.4 is 9.47 Å². The minimum atomic E-state index is -2.69. The number of para-hydroxylation sites is 1. The maximum Gasteiger partial charge on any atom is 0.145 e. The zero-order valence-corrected chi connectivity index (χ0v) is 14.3. The number of fused-ring (bicyclic) bond motifs is 1. The van der Waals surface area contributed by atoms with Crippen molar-refractivity contribution >= 4 is 20.6 Å². The number of ether oxygens (including phenoxy) is 2. The van der Waals surface area contributed by atoms with Crippen LogP contribution in [-0.2, 0) is 16.3 Å². The number of pyridine rings is 1. The van der Waals surface area contributed by atoms with Crippen molar-refractivity contribution in [1.82, 2.24) is 4.98 Å². The Kier molecular flexibility index (Phi) is 4.40. The summed E-state index contributed by atoms with van der Waals surface area (Å²) in [5, 5.41) is 0.885. The number of rotatable bonds is 5. The molecule has 1 N–H and O–H groups in total. The molecule has 0 aliphatic rings. The molecule has 0 aliphatic carbocycles. The first-order chi connectivity index (χ1) is 11.5. The fourth-order valence-corrected chi connectivity index (χ4v) is 3.08. The van der Waals surface area contributed by atoms with Crippen LogP contribution in [-0.4, -0.2) is 22.6 Å². The van der Waals surface area contributed by atoms with Crippen molar-refractivity contribution in [2.75, 3.05) is 13.4 Å². The molecule has 2 aromatic carbocycles. The van der Waals surface area contributed by atoms with Crippen LogP contribution in [0.5, 0.6) is 11.5 Å². The van der Waals surface area contributed by atoms with E-state index < -0.39 is 9.73 Å². The monoisotopic (exact) mass is 342 g/mol. The van der Waals surface area contributed by atoms with Gasteiger partial charge in [0.25, 0.3) is 0 Å². The Balaban J connectivity index is 1.83. The van der Waals surface area contributed by atoms with Crippen molar-refractivity contribution in [2.24, 2.45) is 0 Å². The number of nitrogens with zero attached hydrogens (tertiary/aromatic N) is 1. The van der Waals surface area contributed by atoms with E-state index in [0.29, 0.717) is 17.3 Å². The molecule has 3 aromatic rings. The van der Waals surface area contributed by atoms with Gasteiger partial charge in [-0.3, -0.25) is 4.98 Å². The molecule has 6 heteroatoms. The molecular formula is C18H18N2O3S. The molecule has 124 valence electrons. The van der Waals surface area contributed by atoms with Gasteiger partial charge >= 0.3 is 0 Å². The van der Waals surface area contributed by atoms with Crippen LogP contribution >= 0.6 is 0 Å². The first-order valence-electron chi connectivity index (χ1n) is 7.36. The highest BCUT2D eigenvalue weighted by molar-refractivity contribution is 7.91. The fraction of sp³-hybridized carbons (Fsp3) is 0.167. The highest BCUT2D eigenvalue weighted by Crippen LogP contribution is 2.30. The number of hydrogen-bond donors (Lipinski definition) is 1. The lowest BCUT2D eigenvalue weighted by Crippen LogP contribution is -1.99. The minimum Gasteiger partial charge on any atom is -0.494 e. The second kappa shape index (κ2) is 6.49. The molecule has 0 radical (unpaired) electrons. The minimum absolute atomic E-state index is 0.375. The lowest BCUT2D eigenvalue weighted by Gasteiger charge is -2.11. The van der Waals surface area contributed by atoms with Gasteiger partial charge in [0.1, 0.15) is 23.6 Å². The summed E-state index contributed by atoms with van der Waals surface area (Å²) in [7, 11) is -1.07. The molecule has 24 heavy (non-hydrogen) atoms. The molecule has 1 atom stereocenters. The molecule has 0 fully saturated rings. The fourth-order valence-electron chi connectivity index (χ4n) is 2.42. The van der Waals surface area contributed by atoms with Gasteiger partial charge in [0.15, 0.2) is 0 Å². The molecule has 5 nitrogen and oxygen atoms in total. The van der Waals surface area contributed by atoms with E-state index in [0.717, 1.165) is 22.2 Å². The molecule has 3 rings (SSSR count). The Labute approximate surface area is 141 Å². The summed E-state index contributed by atoms with van der Waals surface area (Å²) in [4.78, 5) is 4.87. The summed E-state index contributed by atoms with van der Waals surface area (Å²) in [6.07, 6.45) is 3.10. The lowest BCUT2D eigenvalue weighted by molar-refractivity contribution is 0.309. The molecule has 0 saturated heterocycles. The van der Waals surface area contributed by atoms with Crippen molar-refractivity contribution in [3.63, 3.8) is 0 Å². The highest BCUT2D eigenvalue weighted by Gasteiger charge is 2.08. The highest BCUT2D eigenvalue weighted by atomic mass is 32.2. The number of hydrogen-bond acceptors (Lipinski definition) is 5. The van der Waals surface area contributed by atoms with E-state index in [1.54, 1.807) is 25.4 Å². The Hall–Kier alpha value is -2.60. The molecule has 0 spiro atoms. The van der Waals surface area contributed by atoms with E-state index in [1.807, 2.05) is 36.4 Å². The largest absolute Gasteiger partial charge is 0.494 e. The van der Waals surface area contributed by atoms with E-state index >= 15 is 0 Å². The molecule has 0 aliphatic heterocycles. The van der Waals surface area contributed by atoms with Crippen molar-refractivity contribution in [1.29, 1.82) is 4.78 Å². The molecule has 1 heterocycles. The summed E-state index contributed by atoms with van der Waals surface area (Å²) in [6, 6.07) is 14.6. The van der Waals surface area contributed by atoms with E-state index in [-0.39, 0.29) is 0 Å². The number of aromatic nitrogens is 1. The van der Waals surface area contributed by atoms with Crippen molar-refractivity contribution < 1.29 is 13.7 Å². The van der Waals surface area contributed by atoms with Gasteiger partial charge in [-0.15, -0.1) is 0 Å². The van der Waals surface area contributed by atoms with Crippen LogP contribution in [0.2, 0.25) is 0 Å². The maximum atomic E-state index is 11.7. The van der Waals surface area contributed by atoms with Gasteiger partial charge < -0.3 is 9.47 Å². The Morgan fingerprint density at radius 3 is 2.50 bits per heavy atom. The molecule has 0 amide bonds. The van der Waals surface area contributed by atoms with E-state index in [1.165, 1.54) is 6.26 Å². The quantitative estimate of drug-likeness (QED) is 0.764. The smallest absolute Gasteiger partial charge is 0.145 e.